The summed E-state index contributed by atoms with van der Waals surface area (Å²) in [5, 5.41) is 6.53. The zero-order chi connectivity index (χ0) is 16.2. The SMILES string of the molecule is C=CCNC(=NCC(c1ccccc1)N(CC)CC)NCC. The van der Waals surface area contributed by atoms with Crippen molar-refractivity contribution in [3.8, 4) is 0 Å². The van der Waals surface area contributed by atoms with Crippen LogP contribution in [0, 0.1) is 0 Å². The van der Waals surface area contributed by atoms with Crippen LogP contribution in [-0.4, -0.2) is 43.6 Å². The third kappa shape index (κ3) is 5.90. The molecule has 0 saturated carbocycles. The Morgan fingerprint density at radius 2 is 1.86 bits per heavy atom. The summed E-state index contributed by atoms with van der Waals surface area (Å²) >= 11 is 0. The van der Waals surface area contributed by atoms with Gasteiger partial charge in [-0.25, -0.2) is 0 Å². The molecule has 4 nitrogen and oxygen atoms in total. The molecule has 0 saturated heterocycles. The Morgan fingerprint density at radius 1 is 1.18 bits per heavy atom. The molecule has 22 heavy (non-hydrogen) atoms. The van der Waals surface area contributed by atoms with Crippen molar-refractivity contribution in [2.24, 2.45) is 4.99 Å². The van der Waals surface area contributed by atoms with Crippen LogP contribution < -0.4 is 10.6 Å². The second-order valence-corrected chi connectivity index (χ2v) is 5.04. The minimum absolute atomic E-state index is 0.301. The Bertz CT molecular complexity index is 438. The van der Waals surface area contributed by atoms with Crippen molar-refractivity contribution >= 4 is 5.96 Å². The molecule has 0 heterocycles. The predicted molar refractivity (Wildman–Crippen MR) is 96.3 cm³/mol. The maximum absolute atomic E-state index is 4.75. The molecular weight excluding hydrogens is 272 g/mol. The highest BCUT2D eigenvalue weighted by molar-refractivity contribution is 5.79. The second-order valence-electron chi connectivity index (χ2n) is 5.04. The van der Waals surface area contributed by atoms with Gasteiger partial charge in [0, 0.05) is 13.1 Å². The first-order valence-corrected chi connectivity index (χ1v) is 8.18. The largest absolute Gasteiger partial charge is 0.357 e. The number of benzene rings is 1. The van der Waals surface area contributed by atoms with Gasteiger partial charge in [0.1, 0.15) is 0 Å². The highest BCUT2D eigenvalue weighted by Crippen LogP contribution is 2.20. The van der Waals surface area contributed by atoms with Gasteiger partial charge in [-0.05, 0) is 25.6 Å². The molecule has 1 unspecified atom stereocenters. The van der Waals surface area contributed by atoms with Crippen LogP contribution in [0.25, 0.3) is 0 Å². The van der Waals surface area contributed by atoms with Crippen molar-refractivity contribution in [2.45, 2.75) is 26.8 Å². The maximum atomic E-state index is 4.75. The standard InChI is InChI=1S/C18H30N4/c1-5-14-20-18(19-6-2)21-15-17(22(7-3)8-4)16-12-10-9-11-13-16/h5,9-13,17H,1,6-8,14-15H2,2-4H3,(H2,19,20,21). The Labute approximate surface area is 135 Å². The van der Waals surface area contributed by atoms with Crippen molar-refractivity contribution in [1.29, 1.82) is 0 Å². The number of rotatable bonds is 9. The predicted octanol–water partition coefficient (Wildman–Crippen LogP) is 2.81. The van der Waals surface area contributed by atoms with Crippen LogP contribution in [0.3, 0.4) is 0 Å². The topological polar surface area (TPSA) is 39.7 Å². The molecule has 1 atom stereocenters. The number of aliphatic imine (C=N–C) groups is 1. The quantitative estimate of drug-likeness (QED) is 0.419. The van der Waals surface area contributed by atoms with Crippen molar-refractivity contribution < 1.29 is 0 Å². The van der Waals surface area contributed by atoms with E-state index in [0.717, 1.165) is 32.1 Å². The van der Waals surface area contributed by atoms with E-state index in [1.807, 2.05) is 6.08 Å². The van der Waals surface area contributed by atoms with Gasteiger partial charge in [-0.1, -0.05) is 50.3 Å². The van der Waals surface area contributed by atoms with E-state index in [1.165, 1.54) is 5.56 Å². The van der Waals surface area contributed by atoms with E-state index in [-0.39, 0.29) is 0 Å². The summed E-state index contributed by atoms with van der Waals surface area (Å²) in [6.45, 7) is 14.5. The minimum atomic E-state index is 0.301. The van der Waals surface area contributed by atoms with Crippen LogP contribution in [0.5, 0.6) is 0 Å². The van der Waals surface area contributed by atoms with Crippen LogP contribution in [0.1, 0.15) is 32.4 Å². The molecule has 1 aromatic rings. The molecule has 2 N–H and O–H groups in total. The van der Waals surface area contributed by atoms with Crippen LogP contribution in [0.4, 0.5) is 0 Å². The monoisotopic (exact) mass is 302 g/mol. The van der Waals surface area contributed by atoms with Gasteiger partial charge in [0.15, 0.2) is 5.96 Å². The molecule has 0 fully saturated rings. The summed E-state index contributed by atoms with van der Waals surface area (Å²) in [6.07, 6.45) is 1.84. The molecule has 0 amide bonds. The normalized spacial score (nSPS) is 13.0. The highest BCUT2D eigenvalue weighted by atomic mass is 15.2. The van der Waals surface area contributed by atoms with Gasteiger partial charge < -0.3 is 10.6 Å². The average Bonchev–Trinajstić information content (AvgIpc) is 2.57. The Kier molecular flexibility index (Phi) is 9.00. The zero-order valence-corrected chi connectivity index (χ0v) is 14.2. The van der Waals surface area contributed by atoms with Gasteiger partial charge in [0.05, 0.1) is 12.6 Å². The van der Waals surface area contributed by atoms with Crippen molar-refractivity contribution in [2.75, 3.05) is 32.7 Å². The van der Waals surface area contributed by atoms with E-state index in [9.17, 15) is 0 Å². The fraction of sp³-hybridized carbons (Fsp3) is 0.500. The lowest BCUT2D eigenvalue weighted by Crippen LogP contribution is -2.38. The third-order valence-electron chi connectivity index (χ3n) is 3.62. The Balaban J connectivity index is 2.89. The number of nitrogens with zero attached hydrogens (tertiary/aromatic N) is 2. The lowest BCUT2D eigenvalue weighted by atomic mass is 10.1. The molecule has 0 aliphatic heterocycles. The molecule has 1 rings (SSSR count). The molecule has 0 aromatic heterocycles. The fourth-order valence-electron chi connectivity index (χ4n) is 2.46. The summed E-state index contributed by atoms with van der Waals surface area (Å²) in [5.41, 5.74) is 1.31. The fourth-order valence-corrected chi connectivity index (χ4v) is 2.46. The lowest BCUT2D eigenvalue weighted by Gasteiger charge is -2.29. The van der Waals surface area contributed by atoms with E-state index in [4.69, 9.17) is 4.99 Å². The molecule has 0 spiro atoms. The smallest absolute Gasteiger partial charge is 0.191 e. The molecule has 0 radical (unpaired) electrons. The second kappa shape index (κ2) is 10.9. The summed E-state index contributed by atoms with van der Waals surface area (Å²) in [7, 11) is 0. The van der Waals surface area contributed by atoms with Gasteiger partial charge in [0.25, 0.3) is 0 Å². The Morgan fingerprint density at radius 3 is 2.41 bits per heavy atom. The van der Waals surface area contributed by atoms with E-state index in [1.54, 1.807) is 0 Å². The lowest BCUT2D eigenvalue weighted by molar-refractivity contribution is 0.224. The molecular formula is C18H30N4. The molecule has 4 heteroatoms. The molecule has 122 valence electrons. The minimum Gasteiger partial charge on any atom is -0.357 e. The van der Waals surface area contributed by atoms with Gasteiger partial charge in [0.2, 0.25) is 0 Å². The number of hydrogen-bond donors (Lipinski definition) is 2. The van der Waals surface area contributed by atoms with Crippen molar-refractivity contribution in [1.82, 2.24) is 15.5 Å². The van der Waals surface area contributed by atoms with Crippen LogP contribution in [0.15, 0.2) is 48.0 Å². The first kappa shape index (κ1) is 18.2. The summed E-state index contributed by atoms with van der Waals surface area (Å²) in [4.78, 5) is 7.19. The number of hydrogen-bond acceptors (Lipinski definition) is 2. The number of guanidine groups is 1. The first-order valence-electron chi connectivity index (χ1n) is 8.18. The summed E-state index contributed by atoms with van der Waals surface area (Å²) < 4.78 is 0. The van der Waals surface area contributed by atoms with E-state index in [0.29, 0.717) is 12.6 Å². The first-order chi connectivity index (χ1) is 10.8. The van der Waals surface area contributed by atoms with Gasteiger partial charge in [-0.15, -0.1) is 6.58 Å². The van der Waals surface area contributed by atoms with E-state index < -0.39 is 0 Å². The van der Waals surface area contributed by atoms with Gasteiger partial charge in [-0.3, -0.25) is 9.89 Å². The van der Waals surface area contributed by atoms with Crippen LogP contribution in [0.2, 0.25) is 0 Å². The van der Waals surface area contributed by atoms with E-state index in [2.05, 4.69) is 73.2 Å². The molecule has 0 bridgehead atoms. The van der Waals surface area contributed by atoms with Gasteiger partial charge >= 0.3 is 0 Å². The third-order valence-corrected chi connectivity index (χ3v) is 3.62. The van der Waals surface area contributed by atoms with Crippen molar-refractivity contribution in [3.05, 3.63) is 48.6 Å². The average molecular weight is 302 g/mol. The van der Waals surface area contributed by atoms with Crippen molar-refractivity contribution in [3.63, 3.8) is 0 Å². The molecule has 1 aromatic carbocycles. The van der Waals surface area contributed by atoms with Crippen LogP contribution in [-0.2, 0) is 0 Å². The molecule has 0 aliphatic rings. The van der Waals surface area contributed by atoms with Gasteiger partial charge in [-0.2, -0.15) is 0 Å². The molecule has 0 aliphatic carbocycles. The number of nitrogens with one attached hydrogen (secondary N) is 2. The zero-order valence-electron chi connectivity index (χ0n) is 14.2. The van der Waals surface area contributed by atoms with Crippen LogP contribution >= 0.6 is 0 Å². The maximum Gasteiger partial charge on any atom is 0.191 e. The summed E-state index contributed by atoms with van der Waals surface area (Å²) in [6, 6.07) is 10.9. The highest BCUT2D eigenvalue weighted by Gasteiger charge is 2.17. The number of likely N-dealkylation sites (N-methyl/N-ethyl adjacent to an activating group) is 1. The summed E-state index contributed by atoms with van der Waals surface area (Å²) in [5.74, 6) is 0.843. The Hall–Kier alpha value is -1.81. The van der Waals surface area contributed by atoms with E-state index >= 15 is 0 Å².